The van der Waals surface area contributed by atoms with E-state index in [-0.39, 0.29) is 0 Å². The average Bonchev–Trinajstić information content (AvgIpc) is 3.33. The third-order valence-electron chi connectivity index (χ3n) is 3.92. The lowest BCUT2D eigenvalue weighted by molar-refractivity contribution is 0.355. The van der Waals surface area contributed by atoms with E-state index in [9.17, 15) is 0 Å². The molecule has 0 aliphatic carbocycles. The van der Waals surface area contributed by atoms with Gasteiger partial charge in [-0.05, 0) is 37.0 Å². The molecule has 0 radical (unpaired) electrons. The zero-order valence-corrected chi connectivity index (χ0v) is 17.5. The zero-order valence-electron chi connectivity index (χ0n) is 15.9. The molecule has 144 valence electrons. The first-order valence-corrected chi connectivity index (χ1v) is 10.6. The van der Waals surface area contributed by atoms with Crippen LogP contribution in [-0.4, -0.2) is 29.4 Å². The number of methoxy groups -OCH3 is 2. The molecule has 0 aliphatic heterocycles. The topological polar surface area (TPSA) is 70.3 Å². The highest BCUT2D eigenvalue weighted by Crippen LogP contribution is 2.33. The predicted octanol–water partition coefficient (Wildman–Crippen LogP) is 5.09. The third-order valence-corrected chi connectivity index (χ3v) is 5.72. The van der Waals surface area contributed by atoms with Crippen LogP contribution < -0.4 is 9.47 Å². The first kappa shape index (κ1) is 19.7. The van der Waals surface area contributed by atoms with Crippen LogP contribution in [0.5, 0.6) is 11.5 Å². The van der Waals surface area contributed by atoms with Crippen molar-refractivity contribution in [2.24, 2.45) is 5.92 Å². The lowest BCUT2D eigenvalue weighted by Crippen LogP contribution is -1.92. The highest BCUT2D eigenvalue weighted by molar-refractivity contribution is 7.98. The van der Waals surface area contributed by atoms with Gasteiger partial charge in [-0.2, -0.15) is 0 Å². The molecule has 3 aromatic rings. The van der Waals surface area contributed by atoms with Crippen molar-refractivity contribution in [3.8, 4) is 23.0 Å². The van der Waals surface area contributed by atoms with E-state index in [2.05, 4.69) is 34.4 Å². The summed E-state index contributed by atoms with van der Waals surface area (Å²) in [6.07, 6.45) is 2.20. The molecular formula is C19H23N3O3S2. The monoisotopic (exact) mass is 405 g/mol. The van der Waals surface area contributed by atoms with E-state index in [0.29, 0.717) is 34.3 Å². The lowest BCUT2D eigenvalue weighted by atomic mass is 10.1. The summed E-state index contributed by atoms with van der Waals surface area (Å²) < 4.78 is 16.3. The van der Waals surface area contributed by atoms with Crippen LogP contribution in [0.1, 0.15) is 31.0 Å². The van der Waals surface area contributed by atoms with Crippen LogP contribution in [0.4, 0.5) is 0 Å². The SMILES string of the molecule is COc1ccc(-c2nnc(SCc3csc(CCC(C)C)n3)o2)cc1OC. The summed E-state index contributed by atoms with van der Waals surface area (Å²) in [6.45, 7) is 4.46. The summed E-state index contributed by atoms with van der Waals surface area (Å²) in [6, 6.07) is 5.51. The first-order chi connectivity index (χ1) is 13.1. The second-order valence-corrected chi connectivity index (χ2v) is 8.27. The Kier molecular flexibility index (Phi) is 6.73. The van der Waals surface area contributed by atoms with E-state index in [1.807, 2.05) is 18.2 Å². The van der Waals surface area contributed by atoms with Gasteiger partial charge in [0.25, 0.3) is 5.22 Å². The van der Waals surface area contributed by atoms with Crippen molar-refractivity contribution < 1.29 is 13.9 Å². The van der Waals surface area contributed by atoms with Crippen molar-refractivity contribution in [1.29, 1.82) is 0 Å². The van der Waals surface area contributed by atoms with Crippen LogP contribution in [0.3, 0.4) is 0 Å². The minimum Gasteiger partial charge on any atom is -0.493 e. The average molecular weight is 406 g/mol. The zero-order chi connectivity index (χ0) is 19.2. The van der Waals surface area contributed by atoms with Crippen LogP contribution in [-0.2, 0) is 12.2 Å². The van der Waals surface area contributed by atoms with E-state index < -0.39 is 0 Å². The van der Waals surface area contributed by atoms with Crippen LogP contribution in [0.25, 0.3) is 11.5 Å². The van der Waals surface area contributed by atoms with Gasteiger partial charge >= 0.3 is 0 Å². The van der Waals surface area contributed by atoms with Crippen molar-refractivity contribution >= 4 is 23.1 Å². The van der Waals surface area contributed by atoms with Crippen LogP contribution >= 0.6 is 23.1 Å². The Morgan fingerprint density at radius 2 is 1.96 bits per heavy atom. The van der Waals surface area contributed by atoms with Gasteiger partial charge < -0.3 is 13.9 Å². The summed E-state index contributed by atoms with van der Waals surface area (Å²) in [5.74, 6) is 3.14. The summed E-state index contributed by atoms with van der Waals surface area (Å²) in [5, 5.41) is 12.1. The quantitative estimate of drug-likeness (QED) is 0.459. The van der Waals surface area contributed by atoms with Crippen LogP contribution in [0, 0.1) is 5.92 Å². The van der Waals surface area contributed by atoms with Gasteiger partial charge in [0.05, 0.1) is 24.9 Å². The van der Waals surface area contributed by atoms with Gasteiger partial charge in [0.15, 0.2) is 11.5 Å². The molecule has 0 saturated heterocycles. The van der Waals surface area contributed by atoms with Gasteiger partial charge in [0, 0.05) is 16.7 Å². The highest BCUT2D eigenvalue weighted by atomic mass is 32.2. The molecule has 0 amide bonds. The molecule has 0 fully saturated rings. The van der Waals surface area contributed by atoms with E-state index in [0.717, 1.165) is 17.7 Å². The number of benzene rings is 1. The van der Waals surface area contributed by atoms with E-state index in [4.69, 9.17) is 13.9 Å². The number of nitrogens with zero attached hydrogens (tertiary/aromatic N) is 3. The number of thioether (sulfide) groups is 1. The fourth-order valence-corrected chi connectivity index (χ4v) is 4.01. The molecule has 0 aliphatic rings. The molecule has 0 atom stereocenters. The van der Waals surface area contributed by atoms with Gasteiger partial charge in [-0.25, -0.2) is 4.98 Å². The Balaban J connectivity index is 1.61. The Morgan fingerprint density at radius 1 is 1.15 bits per heavy atom. The molecule has 27 heavy (non-hydrogen) atoms. The van der Waals surface area contributed by atoms with Crippen LogP contribution in [0.15, 0.2) is 33.2 Å². The van der Waals surface area contributed by atoms with Crippen LogP contribution in [0.2, 0.25) is 0 Å². The lowest BCUT2D eigenvalue weighted by Gasteiger charge is -2.07. The molecular weight excluding hydrogens is 382 g/mol. The number of aromatic nitrogens is 3. The van der Waals surface area contributed by atoms with Gasteiger partial charge in [-0.3, -0.25) is 0 Å². The number of ether oxygens (including phenoxy) is 2. The molecule has 0 bridgehead atoms. The minimum atomic E-state index is 0.453. The molecule has 0 unspecified atom stereocenters. The Bertz CT molecular complexity index is 877. The first-order valence-electron chi connectivity index (χ1n) is 8.71. The summed E-state index contributed by atoms with van der Waals surface area (Å²) >= 11 is 3.21. The smallest absolute Gasteiger partial charge is 0.277 e. The molecule has 2 heterocycles. The Labute approximate surface area is 167 Å². The molecule has 2 aromatic heterocycles. The number of thiazole rings is 1. The van der Waals surface area contributed by atoms with E-state index >= 15 is 0 Å². The fourth-order valence-electron chi connectivity index (χ4n) is 2.43. The van der Waals surface area contributed by atoms with Gasteiger partial charge in [-0.15, -0.1) is 21.5 Å². The van der Waals surface area contributed by atoms with E-state index in [1.54, 1.807) is 25.6 Å². The van der Waals surface area contributed by atoms with Crippen molar-refractivity contribution in [2.45, 2.75) is 37.7 Å². The maximum absolute atomic E-state index is 5.77. The van der Waals surface area contributed by atoms with Gasteiger partial charge in [-0.1, -0.05) is 25.6 Å². The standard InChI is InChI=1S/C19H23N3O3S2/c1-12(2)5-8-17-20-14(10-26-17)11-27-19-22-21-18(25-19)13-6-7-15(23-3)16(9-13)24-4/h6-7,9-10,12H,5,8,11H2,1-4H3. The van der Waals surface area contributed by atoms with E-state index in [1.165, 1.54) is 23.2 Å². The predicted molar refractivity (Wildman–Crippen MR) is 108 cm³/mol. The van der Waals surface area contributed by atoms with Gasteiger partial charge in [0.1, 0.15) is 0 Å². The maximum Gasteiger partial charge on any atom is 0.277 e. The highest BCUT2D eigenvalue weighted by Gasteiger charge is 2.13. The summed E-state index contributed by atoms with van der Waals surface area (Å²) in [4.78, 5) is 4.68. The summed E-state index contributed by atoms with van der Waals surface area (Å²) in [7, 11) is 3.20. The Hall–Kier alpha value is -2.06. The minimum absolute atomic E-state index is 0.453. The van der Waals surface area contributed by atoms with Crippen molar-refractivity contribution in [3.05, 3.63) is 34.3 Å². The molecule has 6 nitrogen and oxygen atoms in total. The fraction of sp³-hybridized carbons (Fsp3) is 0.421. The molecule has 1 aromatic carbocycles. The third kappa shape index (κ3) is 5.23. The van der Waals surface area contributed by atoms with Crippen molar-refractivity contribution in [2.75, 3.05) is 14.2 Å². The maximum atomic E-state index is 5.77. The largest absolute Gasteiger partial charge is 0.493 e. The van der Waals surface area contributed by atoms with Crippen molar-refractivity contribution in [1.82, 2.24) is 15.2 Å². The molecule has 0 N–H and O–H groups in total. The Morgan fingerprint density at radius 3 is 2.70 bits per heavy atom. The molecule has 0 spiro atoms. The molecule has 3 rings (SSSR count). The molecule has 0 saturated carbocycles. The second-order valence-electron chi connectivity index (χ2n) is 6.40. The number of hydrogen-bond acceptors (Lipinski definition) is 8. The number of aryl methyl sites for hydroxylation is 1. The normalized spacial score (nSPS) is 11.1. The second kappa shape index (κ2) is 9.23. The van der Waals surface area contributed by atoms with Crippen molar-refractivity contribution in [3.63, 3.8) is 0 Å². The van der Waals surface area contributed by atoms with Gasteiger partial charge in [0.2, 0.25) is 5.89 Å². The summed E-state index contributed by atoms with van der Waals surface area (Å²) in [5.41, 5.74) is 1.84. The number of hydrogen-bond donors (Lipinski definition) is 0. The molecule has 8 heteroatoms. The number of rotatable bonds is 9.